The SMILES string of the molecule is O=C(CN1C(=O)c2ccccc2C1=O)NCC1CCN(C2CCCC2)CC1. The number of hydrogen-bond donors (Lipinski definition) is 1. The smallest absolute Gasteiger partial charge is 0.262 e. The molecule has 1 saturated heterocycles. The summed E-state index contributed by atoms with van der Waals surface area (Å²) >= 11 is 0. The van der Waals surface area contributed by atoms with Crippen molar-refractivity contribution in [1.82, 2.24) is 15.1 Å². The molecule has 0 radical (unpaired) electrons. The second-order valence-electron chi connectivity index (χ2n) is 7.96. The molecule has 0 spiro atoms. The van der Waals surface area contributed by atoms with Crippen LogP contribution in [0.2, 0.25) is 0 Å². The Bertz CT molecular complexity index is 699. The second-order valence-corrected chi connectivity index (χ2v) is 7.96. The van der Waals surface area contributed by atoms with Gasteiger partial charge in [0.25, 0.3) is 11.8 Å². The summed E-state index contributed by atoms with van der Waals surface area (Å²) in [5, 5.41) is 2.93. The number of piperidine rings is 1. The molecule has 2 aliphatic heterocycles. The van der Waals surface area contributed by atoms with Crippen molar-refractivity contribution in [2.24, 2.45) is 5.92 Å². The summed E-state index contributed by atoms with van der Waals surface area (Å²) in [6, 6.07) is 7.49. The lowest BCUT2D eigenvalue weighted by molar-refractivity contribution is -0.121. The molecule has 1 aromatic carbocycles. The molecule has 1 aliphatic carbocycles. The van der Waals surface area contributed by atoms with Crippen molar-refractivity contribution >= 4 is 17.7 Å². The van der Waals surface area contributed by atoms with Gasteiger partial charge in [0, 0.05) is 12.6 Å². The highest BCUT2D eigenvalue weighted by Crippen LogP contribution is 2.27. The first-order chi connectivity index (χ1) is 13.1. The number of carbonyl (C=O) groups excluding carboxylic acids is 3. The van der Waals surface area contributed by atoms with Crippen LogP contribution in [-0.4, -0.2) is 59.7 Å². The molecule has 0 bridgehead atoms. The van der Waals surface area contributed by atoms with E-state index in [9.17, 15) is 14.4 Å². The van der Waals surface area contributed by atoms with Gasteiger partial charge < -0.3 is 10.2 Å². The summed E-state index contributed by atoms with van der Waals surface area (Å²) in [6.07, 6.45) is 7.59. The fourth-order valence-corrected chi connectivity index (χ4v) is 4.63. The molecule has 1 N–H and O–H groups in total. The highest BCUT2D eigenvalue weighted by molar-refractivity contribution is 6.22. The average molecular weight is 369 g/mol. The summed E-state index contributed by atoms with van der Waals surface area (Å²) in [5.74, 6) is -0.539. The maximum absolute atomic E-state index is 12.3. The number of benzene rings is 1. The Kier molecular flexibility index (Phi) is 5.25. The molecule has 144 valence electrons. The van der Waals surface area contributed by atoms with E-state index in [0.29, 0.717) is 23.6 Å². The summed E-state index contributed by atoms with van der Waals surface area (Å²) in [7, 11) is 0. The van der Waals surface area contributed by atoms with Crippen LogP contribution in [0.15, 0.2) is 24.3 Å². The fraction of sp³-hybridized carbons (Fsp3) is 0.571. The van der Waals surface area contributed by atoms with E-state index >= 15 is 0 Å². The number of nitrogens with one attached hydrogen (secondary N) is 1. The van der Waals surface area contributed by atoms with E-state index in [1.165, 1.54) is 25.7 Å². The molecule has 0 aromatic heterocycles. The first-order valence-electron chi connectivity index (χ1n) is 10.1. The third-order valence-corrected chi connectivity index (χ3v) is 6.26. The molecule has 6 heteroatoms. The van der Waals surface area contributed by atoms with Crippen LogP contribution in [0.25, 0.3) is 0 Å². The molecule has 3 aliphatic rings. The van der Waals surface area contributed by atoms with Gasteiger partial charge in [-0.3, -0.25) is 19.3 Å². The topological polar surface area (TPSA) is 69.7 Å². The van der Waals surface area contributed by atoms with Crippen molar-refractivity contribution in [2.75, 3.05) is 26.2 Å². The van der Waals surface area contributed by atoms with Gasteiger partial charge in [-0.25, -0.2) is 0 Å². The van der Waals surface area contributed by atoms with Gasteiger partial charge in [-0.1, -0.05) is 25.0 Å². The number of rotatable bonds is 5. The Morgan fingerprint density at radius 2 is 1.56 bits per heavy atom. The van der Waals surface area contributed by atoms with Crippen LogP contribution >= 0.6 is 0 Å². The third kappa shape index (κ3) is 3.76. The van der Waals surface area contributed by atoms with Crippen LogP contribution in [0, 0.1) is 5.92 Å². The Morgan fingerprint density at radius 3 is 2.15 bits per heavy atom. The lowest BCUT2D eigenvalue weighted by Gasteiger charge is -2.36. The largest absolute Gasteiger partial charge is 0.354 e. The van der Waals surface area contributed by atoms with Crippen LogP contribution in [0.4, 0.5) is 0 Å². The number of likely N-dealkylation sites (tertiary alicyclic amines) is 1. The third-order valence-electron chi connectivity index (χ3n) is 6.26. The zero-order valence-electron chi connectivity index (χ0n) is 15.7. The van der Waals surface area contributed by atoms with E-state index in [1.54, 1.807) is 24.3 Å². The number of amides is 3. The highest BCUT2D eigenvalue weighted by Gasteiger charge is 2.36. The predicted molar refractivity (Wildman–Crippen MR) is 101 cm³/mol. The Hall–Kier alpha value is -2.21. The lowest BCUT2D eigenvalue weighted by Crippen LogP contribution is -2.45. The van der Waals surface area contributed by atoms with Crippen LogP contribution in [0.1, 0.15) is 59.2 Å². The van der Waals surface area contributed by atoms with E-state index in [-0.39, 0.29) is 24.3 Å². The van der Waals surface area contributed by atoms with Gasteiger partial charge >= 0.3 is 0 Å². The van der Waals surface area contributed by atoms with Gasteiger partial charge in [0.1, 0.15) is 6.54 Å². The molecule has 0 unspecified atom stereocenters. The lowest BCUT2D eigenvalue weighted by atomic mass is 9.95. The second kappa shape index (κ2) is 7.80. The van der Waals surface area contributed by atoms with Gasteiger partial charge in [-0.2, -0.15) is 0 Å². The maximum atomic E-state index is 12.3. The Morgan fingerprint density at radius 1 is 0.963 bits per heavy atom. The molecule has 3 amide bonds. The van der Waals surface area contributed by atoms with E-state index in [4.69, 9.17) is 0 Å². The minimum atomic E-state index is -0.379. The van der Waals surface area contributed by atoms with Crippen molar-refractivity contribution in [2.45, 2.75) is 44.6 Å². The summed E-state index contributed by atoms with van der Waals surface area (Å²) in [4.78, 5) is 40.6. The van der Waals surface area contributed by atoms with Crippen molar-refractivity contribution in [3.63, 3.8) is 0 Å². The highest BCUT2D eigenvalue weighted by atomic mass is 16.2. The number of nitrogens with zero attached hydrogens (tertiary/aromatic N) is 2. The first-order valence-corrected chi connectivity index (χ1v) is 10.1. The summed E-state index contributed by atoms with van der Waals surface area (Å²) in [5.41, 5.74) is 0.768. The number of hydrogen-bond acceptors (Lipinski definition) is 4. The molecular formula is C21H27N3O3. The van der Waals surface area contributed by atoms with Crippen molar-refractivity contribution in [3.8, 4) is 0 Å². The van der Waals surface area contributed by atoms with Crippen LogP contribution in [0.5, 0.6) is 0 Å². The van der Waals surface area contributed by atoms with Crippen molar-refractivity contribution < 1.29 is 14.4 Å². The van der Waals surface area contributed by atoms with Gasteiger partial charge in [-0.05, 0) is 56.8 Å². The molecule has 4 rings (SSSR count). The average Bonchev–Trinajstić information content (AvgIpc) is 3.31. The van der Waals surface area contributed by atoms with Gasteiger partial charge in [-0.15, -0.1) is 0 Å². The predicted octanol–water partition coefficient (Wildman–Crippen LogP) is 2.05. The number of fused-ring (bicyclic) bond motifs is 1. The molecule has 1 saturated carbocycles. The minimum Gasteiger partial charge on any atom is -0.354 e. The Labute approximate surface area is 159 Å². The zero-order chi connectivity index (χ0) is 18.8. The zero-order valence-corrected chi connectivity index (χ0v) is 15.7. The molecule has 2 fully saturated rings. The fourth-order valence-electron chi connectivity index (χ4n) is 4.63. The van der Waals surface area contributed by atoms with Gasteiger partial charge in [0.05, 0.1) is 11.1 Å². The first kappa shape index (κ1) is 18.2. The number of carbonyl (C=O) groups is 3. The molecule has 2 heterocycles. The summed E-state index contributed by atoms with van der Waals surface area (Å²) in [6.45, 7) is 2.65. The van der Waals surface area contributed by atoms with Crippen LogP contribution in [-0.2, 0) is 4.79 Å². The van der Waals surface area contributed by atoms with Crippen molar-refractivity contribution in [1.29, 1.82) is 0 Å². The van der Waals surface area contributed by atoms with Crippen LogP contribution in [0.3, 0.4) is 0 Å². The molecular weight excluding hydrogens is 342 g/mol. The normalized spacial score (nSPS) is 21.7. The van der Waals surface area contributed by atoms with Crippen LogP contribution < -0.4 is 5.32 Å². The van der Waals surface area contributed by atoms with Crippen molar-refractivity contribution in [3.05, 3.63) is 35.4 Å². The quantitative estimate of drug-likeness (QED) is 0.807. The van der Waals surface area contributed by atoms with Gasteiger partial charge in [0.2, 0.25) is 5.91 Å². The van der Waals surface area contributed by atoms with E-state index in [1.807, 2.05) is 0 Å². The Balaban J connectivity index is 1.23. The van der Waals surface area contributed by atoms with Gasteiger partial charge in [0.15, 0.2) is 0 Å². The van der Waals surface area contributed by atoms with E-state index in [2.05, 4.69) is 10.2 Å². The summed E-state index contributed by atoms with van der Waals surface area (Å²) < 4.78 is 0. The molecule has 1 aromatic rings. The molecule has 27 heavy (non-hydrogen) atoms. The van der Waals surface area contributed by atoms with E-state index in [0.717, 1.165) is 36.9 Å². The minimum absolute atomic E-state index is 0.201. The standard InChI is InChI=1S/C21H27N3O3/c25-19(14-24-20(26)17-7-3-4-8-18(17)21(24)27)22-13-15-9-11-23(12-10-15)16-5-1-2-6-16/h3-4,7-8,15-16H,1-2,5-6,9-14H2,(H,22,25). The monoisotopic (exact) mass is 369 g/mol. The maximum Gasteiger partial charge on any atom is 0.262 e. The molecule has 6 nitrogen and oxygen atoms in total. The van der Waals surface area contributed by atoms with E-state index < -0.39 is 0 Å². The number of imide groups is 1. The molecule has 0 atom stereocenters.